The lowest BCUT2D eigenvalue weighted by atomic mass is 9.87. The molecule has 0 aromatic heterocycles. The first-order valence-corrected chi connectivity index (χ1v) is 12.2. The molecular formula is C28H32N4O3. The Morgan fingerprint density at radius 1 is 0.886 bits per heavy atom. The summed E-state index contributed by atoms with van der Waals surface area (Å²) in [5, 5.41) is 5.54. The molecule has 35 heavy (non-hydrogen) atoms. The van der Waals surface area contributed by atoms with E-state index in [0.717, 1.165) is 44.0 Å². The molecule has 2 fully saturated rings. The Labute approximate surface area is 206 Å². The van der Waals surface area contributed by atoms with Crippen LogP contribution in [0.25, 0.3) is 10.8 Å². The number of nitrogens with zero attached hydrogens (tertiary/aromatic N) is 3. The van der Waals surface area contributed by atoms with Crippen molar-refractivity contribution in [1.29, 1.82) is 0 Å². The third-order valence-corrected chi connectivity index (χ3v) is 7.37. The van der Waals surface area contributed by atoms with E-state index in [9.17, 15) is 9.59 Å². The van der Waals surface area contributed by atoms with Crippen molar-refractivity contribution in [3.8, 4) is 5.75 Å². The molecule has 182 valence electrons. The SMILES string of the molecule is CC[C@@]1(c2ccc(OC)cc2)NC(=O)N(CN2CCN(Cc3cccc4ccccc34)CC2)C1=O. The van der Waals surface area contributed by atoms with Gasteiger partial charge in [-0.3, -0.25) is 14.6 Å². The standard InChI is InChI=1S/C28H32N4O3/c1-3-28(23-11-13-24(35-2)14-12-23)26(33)32(27(34)29-28)20-31-17-15-30(16-18-31)19-22-9-6-8-21-7-4-5-10-25(21)22/h4-14H,3,15-20H2,1-2H3,(H,29,34)/t28-/m0/s1. The van der Waals surface area contributed by atoms with Gasteiger partial charge in [0.2, 0.25) is 0 Å². The van der Waals surface area contributed by atoms with Gasteiger partial charge < -0.3 is 10.1 Å². The summed E-state index contributed by atoms with van der Waals surface area (Å²) >= 11 is 0. The molecule has 0 spiro atoms. The van der Waals surface area contributed by atoms with Crippen molar-refractivity contribution in [2.24, 2.45) is 0 Å². The lowest BCUT2D eigenvalue weighted by molar-refractivity contribution is -0.133. The smallest absolute Gasteiger partial charge is 0.326 e. The van der Waals surface area contributed by atoms with Crippen LogP contribution in [-0.2, 0) is 16.9 Å². The van der Waals surface area contributed by atoms with Crippen molar-refractivity contribution >= 4 is 22.7 Å². The van der Waals surface area contributed by atoms with E-state index in [1.165, 1.54) is 21.2 Å². The maximum atomic E-state index is 13.5. The number of hydrogen-bond donors (Lipinski definition) is 1. The monoisotopic (exact) mass is 472 g/mol. The molecular weight excluding hydrogens is 440 g/mol. The van der Waals surface area contributed by atoms with E-state index in [2.05, 4.69) is 57.6 Å². The molecule has 0 unspecified atom stereocenters. The van der Waals surface area contributed by atoms with Crippen molar-refractivity contribution in [3.05, 3.63) is 77.9 Å². The molecule has 2 aliphatic rings. The van der Waals surface area contributed by atoms with Gasteiger partial charge in [0.1, 0.15) is 11.3 Å². The second-order valence-electron chi connectivity index (χ2n) is 9.32. The number of carbonyl (C=O) groups is 2. The Morgan fingerprint density at radius 3 is 2.29 bits per heavy atom. The molecule has 3 amide bonds. The third-order valence-electron chi connectivity index (χ3n) is 7.37. The highest BCUT2D eigenvalue weighted by Gasteiger charge is 2.51. The Balaban J connectivity index is 1.22. The number of urea groups is 1. The van der Waals surface area contributed by atoms with Crippen molar-refractivity contribution in [1.82, 2.24) is 20.0 Å². The van der Waals surface area contributed by atoms with Gasteiger partial charge in [0.15, 0.2) is 0 Å². The average Bonchev–Trinajstić information content (AvgIpc) is 3.15. The van der Waals surface area contributed by atoms with Gasteiger partial charge in [0, 0.05) is 32.7 Å². The maximum Gasteiger partial charge on any atom is 0.326 e. The van der Waals surface area contributed by atoms with Crippen molar-refractivity contribution in [3.63, 3.8) is 0 Å². The number of rotatable bonds is 7. The lowest BCUT2D eigenvalue weighted by Gasteiger charge is -2.36. The van der Waals surface area contributed by atoms with Gasteiger partial charge in [0.25, 0.3) is 5.91 Å². The second kappa shape index (κ2) is 9.68. The van der Waals surface area contributed by atoms with Crippen LogP contribution in [0.5, 0.6) is 5.75 Å². The maximum absolute atomic E-state index is 13.5. The largest absolute Gasteiger partial charge is 0.497 e. The first kappa shape index (κ1) is 23.3. The first-order valence-electron chi connectivity index (χ1n) is 12.2. The third kappa shape index (κ3) is 4.37. The molecule has 0 radical (unpaired) electrons. The number of amides is 3. The molecule has 2 heterocycles. The van der Waals surface area contributed by atoms with Crippen LogP contribution in [0.2, 0.25) is 0 Å². The number of piperazine rings is 1. The molecule has 3 aromatic rings. The molecule has 0 bridgehead atoms. The molecule has 2 saturated heterocycles. The van der Waals surface area contributed by atoms with Crippen molar-refractivity contribution < 1.29 is 14.3 Å². The van der Waals surface area contributed by atoms with Crippen LogP contribution >= 0.6 is 0 Å². The topological polar surface area (TPSA) is 65.1 Å². The van der Waals surface area contributed by atoms with Crippen LogP contribution < -0.4 is 10.1 Å². The van der Waals surface area contributed by atoms with Crippen LogP contribution in [0.1, 0.15) is 24.5 Å². The van der Waals surface area contributed by atoms with E-state index in [4.69, 9.17) is 4.74 Å². The van der Waals surface area contributed by atoms with Gasteiger partial charge in [-0.1, -0.05) is 61.5 Å². The summed E-state index contributed by atoms with van der Waals surface area (Å²) in [7, 11) is 1.61. The van der Waals surface area contributed by atoms with Crippen LogP contribution in [0.4, 0.5) is 4.79 Å². The second-order valence-corrected chi connectivity index (χ2v) is 9.32. The molecule has 1 atom stereocenters. The van der Waals surface area contributed by atoms with Gasteiger partial charge in [-0.25, -0.2) is 9.69 Å². The average molecular weight is 473 g/mol. The van der Waals surface area contributed by atoms with Gasteiger partial charge in [-0.15, -0.1) is 0 Å². The Kier molecular flexibility index (Phi) is 6.45. The number of methoxy groups -OCH3 is 1. The molecule has 0 aliphatic carbocycles. The van der Waals surface area contributed by atoms with E-state index in [0.29, 0.717) is 13.1 Å². The molecule has 7 heteroatoms. The molecule has 1 N–H and O–H groups in total. The van der Waals surface area contributed by atoms with Crippen LogP contribution in [-0.4, -0.2) is 66.6 Å². The van der Waals surface area contributed by atoms with E-state index < -0.39 is 5.54 Å². The summed E-state index contributed by atoms with van der Waals surface area (Å²) < 4.78 is 5.24. The molecule has 2 aliphatic heterocycles. The van der Waals surface area contributed by atoms with Gasteiger partial charge >= 0.3 is 6.03 Å². The predicted molar refractivity (Wildman–Crippen MR) is 136 cm³/mol. The number of imide groups is 1. The first-order chi connectivity index (χ1) is 17.0. The quantitative estimate of drug-likeness (QED) is 0.530. The number of nitrogens with one attached hydrogen (secondary N) is 1. The minimum Gasteiger partial charge on any atom is -0.497 e. The normalized spacial score (nSPS) is 21.5. The summed E-state index contributed by atoms with van der Waals surface area (Å²) in [6.45, 7) is 6.54. The summed E-state index contributed by atoms with van der Waals surface area (Å²) in [6.07, 6.45) is 0.485. The molecule has 3 aromatic carbocycles. The number of benzene rings is 3. The highest BCUT2D eigenvalue weighted by molar-refractivity contribution is 6.07. The fourth-order valence-corrected chi connectivity index (χ4v) is 5.23. The van der Waals surface area contributed by atoms with E-state index in [1.54, 1.807) is 7.11 Å². The zero-order valence-corrected chi connectivity index (χ0v) is 20.4. The number of ether oxygens (including phenoxy) is 1. The number of hydrogen-bond acceptors (Lipinski definition) is 5. The lowest BCUT2D eigenvalue weighted by Crippen LogP contribution is -2.51. The van der Waals surface area contributed by atoms with E-state index in [-0.39, 0.29) is 11.9 Å². The Bertz CT molecular complexity index is 1220. The molecule has 5 rings (SSSR count). The number of fused-ring (bicyclic) bond motifs is 1. The Hall–Kier alpha value is -3.42. The molecule has 0 saturated carbocycles. The van der Waals surface area contributed by atoms with E-state index >= 15 is 0 Å². The van der Waals surface area contributed by atoms with Crippen LogP contribution in [0.3, 0.4) is 0 Å². The zero-order chi connectivity index (χ0) is 24.4. The van der Waals surface area contributed by atoms with Gasteiger partial charge in [-0.05, 0) is 40.5 Å². The summed E-state index contributed by atoms with van der Waals surface area (Å²) in [4.78, 5) is 32.4. The minimum atomic E-state index is -1.03. The highest BCUT2D eigenvalue weighted by atomic mass is 16.5. The minimum absolute atomic E-state index is 0.187. The summed E-state index contributed by atoms with van der Waals surface area (Å²) in [5.74, 6) is 0.531. The Morgan fingerprint density at radius 2 is 1.57 bits per heavy atom. The fourth-order valence-electron chi connectivity index (χ4n) is 5.23. The van der Waals surface area contributed by atoms with Crippen molar-refractivity contribution in [2.75, 3.05) is 40.0 Å². The summed E-state index contributed by atoms with van der Waals surface area (Å²) in [5.41, 5.74) is 1.08. The molecule has 7 nitrogen and oxygen atoms in total. The van der Waals surface area contributed by atoms with Crippen LogP contribution in [0.15, 0.2) is 66.7 Å². The van der Waals surface area contributed by atoms with Gasteiger partial charge in [0.05, 0.1) is 13.8 Å². The van der Waals surface area contributed by atoms with Crippen molar-refractivity contribution in [2.45, 2.75) is 25.4 Å². The summed E-state index contributed by atoms with van der Waals surface area (Å²) in [6, 6.07) is 22.0. The van der Waals surface area contributed by atoms with E-state index in [1.807, 2.05) is 31.2 Å². The number of carbonyl (C=O) groups excluding carboxylic acids is 2. The zero-order valence-electron chi connectivity index (χ0n) is 20.4. The predicted octanol–water partition coefficient (Wildman–Crippen LogP) is 3.78. The highest BCUT2D eigenvalue weighted by Crippen LogP contribution is 2.33. The fraction of sp³-hybridized carbons (Fsp3) is 0.357. The van der Waals surface area contributed by atoms with Crippen LogP contribution in [0, 0.1) is 0 Å². The van der Waals surface area contributed by atoms with Gasteiger partial charge in [-0.2, -0.15) is 0 Å².